The normalized spacial score (nSPS) is 14.4. The van der Waals surface area contributed by atoms with Crippen molar-refractivity contribution < 1.29 is 18.8 Å². The highest BCUT2D eigenvalue weighted by Crippen LogP contribution is 2.23. The number of hydrogen-bond donors (Lipinski definition) is 3. The average molecular weight is 442 g/mol. The van der Waals surface area contributed by atoms with Gasteiger partial charge in [0.25, 0.3) is 5.91 Å². The fourth-order valence-electron chi connectivity index (χ4n) is 3.04. The van der Waals surface area contributed by atoms with Crippen LogP contribution in [0.15, 0.2) is 22.7 Å². The van der Waals surface area contributed by atoms with Crippen molar-refractivity contribution >= 4 is 33.7 Å². The molecule has 0 heterocycles. The molecule has 1 fully saturated rings. The molecule has 148 valence electrons. The van der Waals surface area contributed by atoms with Crippen LogP contribution in [0.25, 0.3) is 0 Å². The molecular formula is C19H25BrFN3O3. The number of halogens is 2. The summed E-state index contributed by atoms with van der Waals surface area (Å²) < 4.78 is 13.7. The predicted molar refractivity (Wildman–Crippen MR) is 104 cm³/mol. The van der Waals surface area contributed by atoms with Gasteiger partial charge in [-0.3, -0.25) is 14.4 Å². The summed E-state index contributed by atoms with van der Waals surface area (Å²) in [7, 11) is 0. The van der Waals surface area contributed by atoms with Gasteiger partial charge < -0.3 is 16.0 Å². The average Bonchev–Trinajstić information content (AvgIpc) is 2.67. The van der Waals surface area contributed by atoms with Crippen LogP contribution in [0.4, 0.5) is 4.39 Å². The second-order valence-electron chi connectivity index (χ2n) is 6.61. The van der Waals surface area contributed by atoms with Gasteiger partial charge in [-0.25, -0.2) is 4.39 Å². The first-order chi connectivity index (χ1) is 13.0. The van der Waals surface area contributed by atoms with Gasteiger partial charge in [-0.05, 0) is 47.0 Å². The molecule has 27 heavy (non-hydrogen) atoms. The van der Waals surface area contributed by atoms with E-state index < -0.39 is 11.7 Å². The van der Waals surface area contributed by atoms with Crippen LogP contribution in [0.1, 0.15) is 48.9 Å². The van der Waals surface area contributed by atoms with Gasteiger partial charge in [-0.1, -0.05) is 19.3 Å². The Morgan fingerprint density at radius 1 is 1.00 bits per heavy atom. The highest BCUT2D eigenvalue weighted by Gasteiger charge is 2.20. The van der Waals surface area contributed by atoms with Gasteiger partial charge in [-0.2, -0.15) is 0 Å². The molecule has 0 aliphatic heterocycles. The molecule has 1 saturated carbocycles. The molecule has 1 aromatic rings. The van der Waals surface area contributed by atoms with E-state index in [1.807, 2.05) is 0 Å². The van der Waals surface area contributed by atoms with E-state index in [4.69, 9.17) is 0 Å². The van der Waals surface area contributed by atoms with Crippen molar-refractivity contribution in [1.82, 2.24) is 16.0 Å². The van der Waals surface area contributed by atoms with Crippen LogP contribution in [0.3, 0.4) is 0 Å². The largest absolute Gasteiger partial charge is 0.354 e. The van der Waals surface area contributed by atoms with Crippen LogP contribution in [0, 0.1) is 11.7 Å². The Bertz CT molecular complexity index is 678. The van der Waals surface area contributed by atoms with Gasteiger partial charge in [-0.15, -0.1) is 0 Å². The molecule has 0 bridgehead atoms. The molecule has 0 radical (unpaired) electrons. The van der Waals surface area contributed by atoms with Crippen LogP contribution < -0.4 is 16.0 Å². The van der Waals surface area contributed by atoms with Gasteiger partial charge in [0.1, 0.15) is 5.82 Å². The number of hydrogen-bond acceptors (Lipinski definition) is 3. The van der Waals surface area contributed by atoms with E-state index in [9.17, 15) is 18.8 Å². The van der Waals surface area contributed by atoms with Gasteiger partial charge in [0.05, 0.1) is 5.56 Å². The topological polar surface area (TPSA) is 87.3 Å². The Labute approximate surface area is 166 Å². The molecule has 0 saturated heterocycles. The van der Waals surface area contributed by atoms with Crippen LogP contribution in [0.2, 0.25) is 0 Å². The first kappa shape index (κ1) is 21.3. The maximum Gasteiger partial charge on any atom is 0.252 e. The van der Waals surface area contributed by atoms with E-state index in [1.165, 1.54) is 18.6 Å². The quantitative estimate of drug-likeness (QED) is 0.541. The summed E-state index contributed by atoms with van der Waals surface area (Å²) in [5, 5.41) is 8.14. The molecule has 1 aliphatic rings. The van der Waals surface area contributed by atoms with E-state index in [1.54, 1.807) is 0 Å². The molecule has 0 unspecified atom stereocenters. The van der Waals surface area contributed by atoms with Crippen molar-refractivity contribution in [2.75, 3.05) is 19.6 Å². The summed E-state index contributed by atoms with van der Waals surface area (Å²) in [4.78, 5) is 35.8. The minimum Gasteiger partial charge on any atom is -0.354 e. The maximum atomic E-state index is 13.2. The van der Waals surface area contributed by atoms with Crippen molar-refractivity contribution in [1.29, 1.82) is 0 Å². The Balaban J connectivity index is 1.58. The van der Waals surface area contributed by atoms with Crippen LogP contribution in [-0.2, 0) is 9.59 Å². The first-order valence-electron chi connectivity index (χ1n) is 9.25. The highest BCUT2D eigenvalue weighted by atomic mass is 79.9. The lowest BCUT2D eigenvalue weighted by molar-refractivity contribution is -0.126. The number of benzene rings is 1. The van der Waals surface area contributed by atoms with Crippen molar-refractivity contribution in [3.05, 3.63) is 34.1 Å². The number of amides is 3. The van der Waals surface area contributed by atoms with E-state index in [0.29, 0.717) is 17.6 Å². The number of carbonyl (C=O) groups excluding carboxylic acids is 3. The van der Waals surface area contributed by atoms with Crippen molar-refractivity contribution in [3.8, 4) is 0 Å². The van der Waals surface area contributed by atoms with E-state index in [2.05, 4.69) is 31.9 Å². The van der Waals surface area contributed by atoms with Crippen molar-refractivity contribution in [2.24, 2.45) is 5.92 Å². The van der Waals surface area contributed by atoms with Gasteiger partial charge in [0.2, 0.25) is 11.8 Å². The van der Waals surface area contributed by atoms with Crippen LogP contribution in [-0.4, -0.2) is 37.4 Å². The van der Waals surface area contributed by atoms with Crippen molar-refractivity contribution in [3.63, 3.8) is 0 Å². The Hall–Kier alpha value is -1.96. The third-order valence-corrected chi connectivity index (χ3v) is 5.22. The summed E-state index contributed by atoms with van der Waals surface area (Å²) in [6, 6.07) is 3.84. The number of carbonyl (C=O) groups is 3. The molecule has 0 aromatic heterocycles. The molecule has 6 nitrogen and oxygen atoms in total. The van der Waals surface area contributed by atoms with Gasteiger partial charge in [0.15, 0.2) is 0 Å². The minimum absolute atomic E-state index is 0.0666. The zero-order valence-electron chi connectivity index (χ0n) is 15.2. The fourth-order valence-corrected chi connectivity index (χ4v) is 3.47. The first-order valence-corrected chi connectivity index (χ1v) is 10.0. The Morgan fingerprint density at radius 2 is 1.70 bits per heavy atom. The monoisotopic (exact) mass is 441 g/mol. The standard InChI is InChI=1S/C19H25BrFN3O3/c20-16-7-6-14(21)12-15(16)19(27)23-9-8-17(25)22-10-11-24-18(26)13-4-2-1-3-5-13/h6-7,12-13H,1-5,8-11H2,(H,22,25)(H,23,27)(H,24,26). The minimum atomic E-state index is -0.503. The molecule has 0 atom stereocenters. The summed E-state index contributed by atoms with van der Waals surface area (Å²) in [6.07, 6.45) is 5.40. The molecular weight excluding hydrogens is 417 g/mol. The summed E-state index contributed by atoms with van der Waals surface area (Å²) in [5.74, 6) is -1.01. The summed E-state index contributed by atoms with van der Waals surface area (Å²) >= 11 is 3.19. The van der Waals surface area contributed by atoms with E-state index in [-0.39, 0.29) is 36.3 Å². The maximum absolute atomic E-state index is 13.2. The fraction of sp³-hybridized carbons (Fsp3) is 0.526. The molecule has 8 heteroatoms. The smallest absolute Gasteiger partial charge is 0.252 e. The SMILES string of the molecule is O=C(CCNC(=O)c1cc(F)ccc1Br)NCCNC(=O)C1CCCCC1. The summed E-state index contributed by atoms with van der Waals surface area (Å²) in [6.45, 7) is 0.881. The zero-order valence-corrected chi connectivity index (χ0v) is 16.7. The molecule has 0 spiro atoms. The van der Waals surface area contributed by atoms with E-state index in [0.717, 1.165) is 31.7 Å². The molecule has 1 aromatic carbocycles. The second kappa shape index (κ2) is 11.0. The lowest BCUT2D eigenvalue weighted by Crippen LogP contribution is -2.38. The zero-order chi connectivity index (χ0) is 19.6. The Kier molecular flexibility index (Phi) is 8.71. The second-order valence-corrected chi connectivity index (χ2v) is 7.46. The lowest BCUT2D eigenvalue weighted by Gasteiger charge is -2.20. The highest BCUT2D eigenvalue weighted by molar-refractivity contribution is 9.10. The summed E-state index contributed by atoms with van der Waals surface area (Å²) in [5.41, 5.74) is 0.181. The lowest BCUT2D eigenvalue weighted by atomic mass is 9.89. The molecule has 2 rings (SSSR count). The van der Waals surface area contributed by atoms with E-state index >= 15 is 0 Å². The van der Waals surface area contributed by atoms with Crippen molar-refractivity contribution in [2.45, 2.75) is 38.5 Å². The van der Waals surface area contributed by atoms with Crippen LogP contribution >= 0.6 is 15.9 Å². The number of nitrogens with one attached hydrogen (secondary N) is 3. The third-order valence-electron chi connectivity index (χ3n) is 4.53. The molecule has 3 amide bonds. The molecule has 1 aliphatic carbocycles. The third kappa shape index (κ3) is 7.28. The molecule has 3 N–H and O–H groups in total. The number of rotatable bonds is 8. The van der Waals surface area contributed by atoms with Crippen LogP contribution in [0.5, 0.6) is 0 Å². The Morgan fingerprint density at radius 3 is 2.44 bits per heavy atom. The van der Waals surface area contributed by atoms with Gasteiger partial charge in [0, 0.05) is 36.4 Å². The van der Waals surface area contributed by atoms with Gasteiger partial charge >= 0.3 is 0 Å². The predicted octanol–water partition coefficient (Wildman–Crippen LogP) is 2.52.